The minimum Gasteiger partial charge on any atom is -0.480 e. The van der Waals surface area contributed by atoms with Crippen LogP contribution in [0.3, 0.4) is 0 Å². The fourth-order valence-electron chi connectivity index (χ4n) is 2.09. The Bertz CT molecular complexity index is 693. The van der Waals surface area contributed by atoms with Gasteiger partial charge in [-0.25, -0.2) is 9.88 Å². The Balaban J connectivity index is 2.28. The Labute approximate surface area is 128 Å². The highest BCUT2D eigenvalue weighted by Crippen LogP contribution is 2.44. The van der Waals surface area contributed by atoms with E-state index in [1.54, 1.807) is 42.5 Å². The summed E-state index contributed by atoms with van der Waals surface area (Å²) in [7, 11) is -3.93. The van der Waals surface area contributed by atoms with Gasteiger partial charge < -0.3 is 10.00 Å². The number of nitrogens with zero attached hydrogens (tertiary/aromatic N) is 1. The van der Waals surface area contributed by atoms with E-state index in [0.29, 0.717) is 5.56 Å². The minimum atomic E-state index is -3.93. The van der Waals surface area contributed by atoms with Gasteiger partial charge in [0.2, 0.25) is 0 Å². The van der Waals surface area contributed by atoms with Gasteiger partial charge in [0.1, 0.15) is 0 Å². The molecular formula is C15H17N2O4P. The number of nitrogens with one attached hydrogen (secondary N) is 1. The molecule has 22 heavy (non-hydrogen) atoms. The fraction of sp³-hybridized carbons (Fsp3) is 0.200. The van der Waals surface area contributed by atoms with Gasteiger partial charge in [0.25, 0.3) is 7.52 Å². The number of aliphatic carboxylic acids is 1. The van der Waals surface area contributed by atoms with Crippen molar-refractivity contribution in [1.29, 1.82) is 0 Å². The third-order valence-corrected chi connectivity index (χ3v) is 4.83. The Hall–Kier alpha value is -2.01. The number of aromatic nitrogens is 1. The van der Waals surface area contributed by atoms with Gasteiger partial charge in [-0.15, -0.1) is 0 Å². The van der Waals surface area contributed by atoms with Gasteiger partial charge in [0.15, 0.2) is 5.54 Å². The van der Waals surface area contributed by atoms with Crippen LogP contribution in [0.2, 0.25) is 0 Å². The number of carboxylic acid groups (broad SMARTS) is 1. The summed E-state index contributed by atoms with van der Waals surface area (Å²) in [6.07, 6.45) is 1.28. The van der Waals surface area contributed by atoms with Crippen LogP contribution in [0.25, 0.3) is 0 Å². The average molecular weight is 320 g/mol. The van der Waals surface area contributed by atoms with Crippen LogP contribution in [0.1, 0.15) is 18.2 Å². The molecule has 0 radical (unpaired) electrons. The number of hydrogen-bond acceptors (Lipinski definition) is 3. The molecule has 2 unspecified atom stereocenters. The van der Waals surface area contributed by atoms with Crippen molar-refractivity contribution in [2.75, 3.05) is 0 Å². The molecule has 1 aromatic heterocycles. The summed E-state index contributed by atoms with van der Waals surface area (Å²) in [5, 5.41) is 11.9. The normalized spacial score (nSPS) is 16.5. The number of benzene rings is 1. The van der Waals surface area contributed by atoms with Crippen LogP contribution in [-0.4, -0.2) is 21.0 Å². The SMILES string of the molecule is CC(NP(=O)(O)Cc1ccccc1)(C(=O)O)c1ccccn1. The molecule has 1 aromatic carbocycles. The lowest BCUT2D eigenvalue weighted by molar-refractivity contribution is -0.144. The zero-order chi connectivity index (χ0) is 16.2. The highest BCUT2D eigenvalue weighted by atomic mass is 31.2. The van der Waals surface area contributed by atoms with Gasteiger partial charge in [-0.2, -0.15) is 0 Å². The molecule has 7 heteroatoms. The van der Waals surface area contributed by atoms with Crippen LogP contribution in [-0.2, 0) is 21.1 Å². The second-order valence-electron chi connectivity index (χ2n) is 5.10. The summed E-state index contributed by atoms with van der Waals surface area (Å²) < 4.78 is 12.4. The van der Waals surface area contributed by atoms with Crippen molar-refractivity contribution in [3.8, 4) is 0 Å². The second kappa shape index (κ2) is 6.40. The van der Waals surface area contributed by atoms with Crippen LogP contribution >= 0.6 is 7.52 Å². The molecular weight excluding hydrogens is 303 g/mol. The van der Waals surface area contributed by atoms with Crippen LogP contribution < -0.4 is 5.09 Å². The molecule has 0 aliphatic heterocycles. The Morgan fingerprint density at radius 2 is 1.86 bits per heavy atom. The molecule has 0 fully saturated rings. The third-order valence-electron chi connectivity index (χ3n) is 3.24. The van der Waals surface area contributed by atoms with Crippen molar-refractivity contribution in [3.63, 3.8) is 0 Å². The molecule has 2 aromatic rings. The summed E-state index contributed by atoms with van der Waals surface area (Å²) in [4.78, 5) is 25.8. The monoisotopic (exact) mass is 320 g/mol. The van der Waals surface area contributed by atoms with E-state index in [2.05, 4.69) is 10.1 Å². The average Bonchev–Trinajstić information content (AvgIpc) is 2.48. The first-order chi connectivity index (χ1) is 10.3. The molecule has 6 nitrogen and oxygen atoms in total. The molecule has 0 aliphatic carbocycles. The summed E-state index contributed by atoms with van der Waals surface area (Å²) in [6.45, 7) is 1.32. The summed E-state index contributed by atoms with van der Waals surface area (Å²) in [6, 6.07) is 13.5. The Kier molecular flexibility index (Phi) is 4.76. The van der Waals surface area contributed by atoms with Crippen LogP contribution in [0.4, 0.5) is 0 Å². The van der Waals surface area contributed by atoms with E-state index in [-0.39, 0.29) is 11.9 Å². The van der Waals surface area contributed by atoms with Crippen molar-refractivity contribution in [2.24, 2.45) is 0 Å². The predicted molar refractivity (Wildman–Crippen MR) is 82.3 cm³/mol. The molecule has 2 rings (SSSR count). The molecule has 0 amide bonds. The van der Waals surface area contributed by atoms with E-state index in [1.165, 1.54) is 19.2 Å². The van der Waals surface area contributed by atoms with Crippen molar-refractivity contribution < 1.29 is 19.4 Å². The fourth-order valence-corrected chi connectivity index (χ4v) is 3.79. The van der Waals surface area contributed by atoms with Crippen LogP contribution in [0, 0.1) is 0 Å². The number of carbonyl (C=O) groups is 1. The molecule has 0 bridgehead atoms. The number of carboxylic acids is 1. The highest BCUT2D eigenvalue weighted by Gasteiger charge is 2.41. The van der Waals surface area contributed by atoms with E-state index >= 15 is 0 Å². The molecule has 1 heterocycles. The van der Waals surface area contributed by atoms with Crippen molar-refractivity contribution in [1.82, 2.24) is 10.1 Å². The van der Waals surface area contributed by atoms with Crippen molar-refractivity contribution in [2.45, 2.75) is 18.6 Å². The smallest absolute Gasteiger partial charge is 0.330 e. The zero-order valence-corrected chi connectivity index (χ0v) is 12.9. The molecule has 0 aliphatic rings. The summed E-state index contributed by atoms with van der Waals surface area (Å²) in [5.41, 5.74) is -0.931. The maximum absolute atomic E-state index is 12.4. The minimum absolute atomic E-state index is 0.163. The van der Waals surface area contributed by atoms with Gasteiger partial charge in [0.05, 0.1) is 11.9 Å². The maximum Gasteiger partial charge on any atom is 0.330 e. The van der Waals surface area contributed by atoms with Crippen molar-refractivity contribution >= 4 is 13.5 Å². The first kappa shape index (κ1) is 16.4. The summed E-state index contributed by atoms with van der Waals surface area (Å²) in [5.74, 6) is -1.27. The molecule has 116 valence electrons. The zero-order valence-electron chi connectivity index (χ0n) is 12.0. The number of pyridine rings is 1. The molecule has 3 N–H and O–H groups in total. The van der Waals surface area contributed by atoms with E-state index < -0.39 is 19.0 Å². The molecule has 0 spiro atoms. The quantitative estimate of drug-likeness (QED) is 0.707. The Morgan fingerprint density at radius 3 is 2.41 bits per heavy atom. The first-order valence-corrected chi connectivity index (χ1v) is 8.48. The largest absolute Gasteiger partial charge is 0.480 e. The van der Waals surface area contributed by atoms with Crippen LogP contribution in [0.5, 0.6) is 0 Å². The van der Waals surface area contributed by atoms with E-state index in [9.17, 15) is 19.4 Å². The van der Waals surface area contributed by atoms with Crippen LogP contribution in [0.15, 0.2) is 54.7 Å². The second-order valence-corrected chi connectivity index (χ2v) is 7.05. The van der Waals surface area contributed by atoms with E-state index in [4.69, 9.17) is 0 Å². The van der Waals surface area contributed by atoms with Crippen molar-refractivity contribution in [3.05, 3.63) is 66.0 Å². The predicted octanol–water partition coefficient (Wildman–Crippen LogP) is 2.36. The molecule has 0 saturated carbocycles. The highest BCUT2D eigenvalue weighted by molar-refractivity contribution is 7.55. The van der Waals surface area contributed by atoms with Gasteiger partial charge in [-0.3, -0.25) is 9.55 Å². The molecule has 0 saturated heterocycles. The van der Waals surface area contributed by atoms with E-state index in [1.807, 2.05) is 0 Å². The van der Waals surface area contributed by atoms with Gasteiger partial charge in [0, 0.05) is 6.20 Å². The first-order valence-electron chi connectivity index (χ1n) is 6.63. The lowest BCUT2D eigenvalue weighted by atomic mass is 9.99. The number of hydrogen-bond donors (Lipinski definition) is 3. The maximum atomic E-state index is 12.4. The topological polar surface area (TPSA) is 99.5 Å². The lowest BCUT2D eigenvalue weighted by Gasteiger charge is -2.28. The lowest BCUT2D eigenvalue weighted by Crippen LogP contribution is -2.45. The van der Waals surface area contributed by atoms with Gasteiger partial charge in [-0.05, 0) is 24.6 Å². The standard InChI is InChI=1S/C15H17N2O4P/c1-15(14(18)19,13-9-5-6-10-16-13)17-22(20,21)11-12-7-3-2-4-8-12/h2-10H,11H2,1H3,(H,18,19)(H2,17,20,21). The van der Waals surface area contributed by atoms with Gasteiger partial charge in [-0.1, -0.05) is 36.4 Å². The van der Waals surface area contributed by atoms with Gasteiger partial charge >= 0.3 is 5.97 Å². The number of rotatable bonds is 6. The summed E-state index contributed by atoms with van der Waals surface area (Å²) >= 11 is 0. The Morgan fingerprint density at radius 1 is 1.23 bits per heavy atom. The molecule has 2 atom stereocenters. The third kappa shape index (κ3) is 3.80. The van der Waals surface area contributed by atoms with E-state index in [0.717, 1.165) is 0 Å².